The summed E-state index contributed by atoms with van der Waals surface area (Å²) < 4.78 is 13.8. The van der Waals surface area contributed by atoms with Crippen LogP contribution < -0.4 is 5.32 Å². The first-order valence-electron chi connectivity index (χ1n) is 6.86. The van der Waals surface area contributed by atoms with Gasteiger partial charge >= 0.3 is 0 Å². The third kappa shape index (κ3) is 3.30. The van der Waals surface area contributed by atoms with Gasteiger partial charge in [0, 0.05) is 24.7 Å². The van der Waals surface area contributed by atoms with Crippen LogP contribution in [0.15, 0.2) is 18.2 Å². The fourth-order valence-electron chi connectivity index (χ4n) is 2.67. The average molecular weight is 250 g/mol. The van der Waals surface area contributed by atoms with Gasteiger partial charge in [-0.05, 0) is 45.0 Å². The Bertz CT molecular complexity index is 392. The van der Waals surface area contributed by atoms with E-state index in [1.807, 2.05) is 19.2 Å². The summed E-state index contributed by atoms with van der Waals surface area (Å²) in [5.74, 6) is -0.0763. The van der Waals surface area contributed by atoms with Gasteiger partial charge in [-0.2, -0.15) is 0 Å². The van der Waals surface area contributed by atoms with E-state index in [2.05, 4.69) is 17.1 Å². The number of piperidine rings is 1. The van der Waals surface area contributed by atoms with Crippen LogP contribution in [0.3, 0.4) is 0 Å². The van der Waals surface area contributed by atoms with Crippen molar-refractivity contribution in [3.05, 3.63) is 35.1 Å². The molecule has 2 nitrogen and oxygen atoms in total. The maximum absolute atomic E-state index is 13.8. The number of benzene rings is 1. The van der Waals surface area contributed by atoms with Crippen molar-refractivity contribution in [1.82, 2.24) is 10.2 Å². The summed E-state index contributed by atoms with van der Waals surface area (Å²) in [4.78, 5) is 2.39. The Morgan fingerprint density at radius 3 is 2.94 bits per heavy atom. The summed E-state index contributed by atoms with van der Waals surface area (Å²) in [5, 5.41) is 3.11. The molecule has 0 amide bonds. The second-order valence-corrected chi connectivity index (χ2v) is 5.27. The molecule has 100 valence electrons. The normalized spacial score (nSPS) is 21.2. The largest absolute Gasteiger partial charge is 0.316 e. The van der Waals surface area contributed by atoms with Crippen LogP contribution in [0.5, 0.6) is 0 Å². The topological polar surface area (TPSA) is 15.3 Å². The molecule has 3 heteroatoms. The van der Waals surface area contributed by atoms with Crippen LogP contribution in [-0.4, -0.2) is 24.5 Å². The summed E-state index contributed by atoms with van der Waals surface area (Å²) >= 11 is 0. The average Bonchev–Trinajstić information content (AvgIpc) is 2.36. The summed E-state index contributed by atoms with van der Waals surface area (Å²) in [6.45, 7) is 4.87. The summed E-state index contributed by atoms with van der Waals surface area (Å²) in [5.41, 5.74) is 1.98. The standard InChI is InChI=1S/C15H23FN2/c1-12-5-3-4-8-18(12)11-14-9-13(10-17-2)6-7-15(14)16/h6-7,9,12,17H,3-5,8,10-11H2,1-2H3. The van der Waals surface area contributed by atoms with E-state index in [0.717, 1.165) is 30.8 Å². The lowest BCUT2D eigenvalue weighted by molar-refractivity contribution is 0.151. The fraction of sp³-hybridized carbons (Fsp3) is 0.600. The summed E-state index contributed by atoms with van der Waals surface area (Å²) in [6.07, 6.45) is 3.78. The Labute approximate surface area is 109 Å². The molecule has 0 bridgehead atoms. The molecule has 0 aliphatic carbocycles. The molecular weight excluding hydrogens is 227 g/mol. The van der Waals surface area contributed by atoms with Crippen LogP contribution in [0, 0.1) is 5.82 Å². The van der Waals surface area contributed by atoms with Gasteiger partial charge in [-0.3, -0.25) is 4.90 Å². The molecule has 0 spiro atoms. The molecule has 1 saturated heterocycles. The third-order valence-corrected chi connectivity index (χ3v) is 3.81. The van der Waals surface area contributed by atoms with Crippen LogP contribution >= 0.6 is 0 Å². The number of nitrogens with zero attached hydrogens (tertiary/aromatic N) is 1. The first-order chi connectivity index (χ1) is 8.70. The highest BCUT2D eigenvalue weighted by Gasteiger charge is 2.19. The van der Waals surface area contributed by atoms with Crippen molar-refractivity contribution in [2.45, 2.75) is 45.3 Å². The Balaban J connectivity index is 2.09. The molecule has 0 saturated carbocycles. The van der Waals surface area contributed by atoms with E-state index in [1.54, 1.807) is 6.07 Å². The summed E-state index contributed by atoms with van der Waals surface area (Å²) in [6, 6.07) is 6.02. The zero-order valence-electron chi connectivity index (χ0n) is 11.4. The third-order valence-electron chi connectivity index (χ3n) is 3.81. The summed E-state index contributed by atoms with van der Waals surface area (Å²) in [7, 11) is 1.91. The number of likely N-dealkylation sites (tertiary alicyclic amines) is 1. The lowest BCUT2D eigenvalue weighted by atomic mass is 10.0. The highest BCUT2D eigenvalue weighted by molar-refractivity contribution is 5.25. The molecule has 2 rings (SSSR count). The molecule has 1 aliphatic rings. The van der Waals surface area contributed by atoms with Crippen molar-refractivity contribution in [3.8, 4) is 0 Å². The Morgan fingerprint density at radius 1 is 1.39 bits per heavy atom. The van der Waals surface area contributed by atoms with E-state index < -0.39 is 0 Å². The van der Waals surface area contributed by atoms with Crippen molar-refractivity contribution in [2.75, 3.05) is 13.6 Å². The minimum atomic E-state index is -0.0763. The predicted octanol–water partition coefficient (Wildman–Crippen LogP) is 2.92. The Hall–Kier alpha value is -0.930. The minimum absolute atomic E-state index is 0.0763. The van der Waals surface area contributed by atoms with Gasteiger partial charge in [0.05, 0.1) is 0 Å². The Kier molecular flexibility index (Phi) is 4.72. The first kappa shape index (κ1) is 13.5. The zero-order chi connectivity index (χ0) is 13.0. The second-order valence-electron chi connectivity index (χ2n) is 5.27. The van der Waals surface area contributed by atoms with Gasteiger partial charge in [0.25, 0.3) is 0 Å². The number of nitrogens with one attached hydrogen (secondary N) is 1. The highest BCUT2D eigenvalue weighted by atomic mass is 19.1. The molecule has 0 radical (unpaired) electrons. The van der Waals surface area contributed by atoms with Gasteiger partial charge in [-0.25, -0.2) is 4.39 Å². The minimum Gasteiger partial charge on any atom is -0.316 e. The van der Waals surface area contributed by atoms with Crippen LogP contribution in [0.2, 0.25) is 0 Å². The lowest BCUT2D eigenvalue weighted by Crippen LogP contribution is -2.37. The molecule has 1 aromatic rings. The molecule has 1 unspecified atom stereocenters. The predicted molar refractivity (Wildman–Crippen MR) is 72.9 cm³/mol. The van der Waals surface area contributed by atoms with Gasteiger partial charge in [0.2, 0.25) is 0 Å². The van der Waals surface area contributed by atoms with Gasteiger partial charge in [0.1, 0.15) is 5.82 Å². The quantitative estimate of drug-likeness (QED) is 0.884. The van der Waals surface area contributed by atoms with Crippen LogP contribution in [0.25, 0.3) is 0 Å². The van der Waals surface area contributed by atoms with E-state index >= 15 is 0 Å². The van der Waals surface area contributed by atoms with Gasteiger partial charge in [-0.1, -0.05) is 18.6 Å². The molecule has 1 aromatic carbocycles. The van der Waals surface area contributed by atoms with Crippen LogP contribution in [0.1, 0.15) is 37.3 Å². The molecule has 0 aromatic heterocycles. The Morgan fingerprint density at radius 2 is 2.22 bits per heavy atom. The second kappa shape index (κ2) is 6.30. The maximum atomic E-state index is 13.8. The van der Waals surface area contributed by atoms with E-state index in [0.29, 0.717) is 6.04 Å². The van der Waals surface area contributed by atoms with Crippen molar-refractivity contribution < 1.29 is 4.39 Å². The molecule has 1 atom stereocenters. The van der Waals surface area contributed by atoms with E-state index in [1.165, 1.54) is 19.3 Å². The molecule has 1 aliphatic heterocycles. The number of hydrogen-bond acceptors (Lipinski definition) is 2. The van der Waals surface area contributed by atoms with Gasteiger partial charge in [-0.15, -0.1) is 0 Å². The van der Waals surface area contributed by atoms with E-state index in [9.17, 15) is 4.39 Å². The number of halogens is 1. The van der Waals surface area contributed by atoms with Crippen molar-refractivity contribution >= 4 is 0 Å². The van der Waals surface area contributed by atoms with Crippen molar-refractivity contribution in [1.29, 1.82) is 0 Å². The van der Waals surface area contributed by atoms with E-state index in [-0.39, 0.29) is 5.82 Å². The smallest absolute Gasteiger partial charge is 0.127 e. The first-order valence-corrected chi connectivity index (χ1v) is 6.86. The monoisotopic (exact) mass is 250 g/mol. The molecular formula is C15H23FN2. The van der Waals surface area contributed by atoms with Crippen molar-refractivity contribution in [3.63, 3.8) is 0 Å². The van der Waals surface area contributed by atoms with Gasteiger partial charge in [0.15, 0.2) is 0 Å². The van der Waals surface area contributed by atoms with E-state index in [4.69, 9.17) is 0 Å². The molecule has 1 N–H and O–H groups in total. The molecule has 1 fully saturated rings. The van der Waals surface area contributed by atoms with Crippen molar-refractivity contribution in [2.24, 2.45) is 0 Å². The maximum Gasteiger partial charge on any atom is 0.127 e. The fourth-order valence-corrected chi connectivity index (χ4v) is 2.67. The lowest BCUT2D eigenvalue weighted by Gasteiger charge is -2.33. The van der Waals surface area contributed by atoms with Crippen LogP contribution in [0.4, 0.5) is 4.39 Å². The number of hydrogen-bond donors (Lipinski definition) is 1. The number of rotatable bonds is 4. The highest BCUT2D eigenvalue weighted by Crippen LogP contribution is 2.21. The van der Waals surface area contributed by atoms with Gasteiger partial charge < -0.3 is 5.32 Å². The van der Waals surface area contributed by atoms with Crippen LogP contribution in [-0.2, 0) is 13.1 Å². The molecule has 18 heavy (non-hydrogen) atoms. The molecule has 1 heterocycles. The SMILES string of the molecule is CNCc1ccc(F)c(CN2CCCCC2C)c1. The zero-order valence-corrected chi connectivity index (χ0v) is 11.4.